The number of rotatable bonds is 5. The Morgan fingerprint density at radius 2 is 1.84 bits per heavy atom. The molecule has 0 atom stereocenters. The molecule has 0 spiro atoms. The number of hydrogen-bond donors (Lipinski definition) is 0. The molecule has 3 heterocycles. The fourth-order valence-corrected chi connectivity index (χ4v) is 3.33. The lowest BCUT2D eigenvalue weighted by atomic mass is 10.2. The summed E-state index contributed by atoms with van der Waals surface area (Å²) in [5, 5.41) is -0.103. The third-order valence-electron chi connectivity index (χ3n) is 4.76. The first kappa shape index (κ1) is 22.8. The van der Waals surface area contributed by atoms with Gasteiger partial charge in [-0.1, -0.05) is 17.7 Å². The summed E-state index contributed by atoms with van der Waals surface area (Å²) in [6.45, 7) is 2.74. The van der Waals surface area contributed by atoms with Gasteiger partial charge in [0, 0.05) is 44.3 Å². The summed E-state index contributed by atoms with van der Waals surface area (Å²) in [4.78, 5) is 35.4. The summed E-state index contributed by atoms with van der Waals surface area (Å²) in [5.41, 5.74) is 0.607. The molecule has 31 heavy (non-hydrogen) atoms. The van der Waals surface area contributed by atoms with Gasteiger partial charge in [-0.25, -0.2) is 4.98 Å². The fraction of sp³-hybridized carbons (Fsp3) is 0.400. The van der Waals surface area contributed by atoms with E-state index in [2.05, 4.69) is 9.97 Å². The number of hydrogen-bond acceptors (Lipinski definition) is 6. The first-order valence-electron chi connectivity index (χ1n) is 9.46. The molecule has 0 N–H and O–H groups in total. The molecule has 3 rings (SSSR count). The van der Waals surface area contributed by atoms with Crippen LogP contribution in [0.1, 0.15) is 16.8 Å². The number of esters is 1. The number of alkyl halides is 3. The van der Waals surface area contributed by atoms with Crippen LogP contribution in [0.5, 0.6) is 0 Å². The summed E-state index contributed by atoms with van der Waals surface area (Å²) in [7, 11) is 0. The average molecular weight is 457 g/mol. The van der Waals surface area contributed by atoms with Gasteiger partial charge in [-0.2, -0.15) is 13.2 Å². The highest BCUT2D eigenvalue weighted by molar-refractivity contribution is 6.33. The largest absolute Gasteiger partial charge is 0.455 e. The lowest BCUT2D eigenvalue weighted by Crippen LogP contribution is -2.50. The topological polar surface area (TPSA) is 75.6 Å². The van der Waals surface area contributed by atoms with E-state index in [1.165, 1.54) is 4.90 Å². The second kappa shape index (κ2) is 9.51. The average Bonchev–Trinajstić information content (AvgIpc) is 2.73. The highest BCUT2D eigenvalue weighted by Crippen LogP contribution is 2.33. The van der Waals surface area contributed by atoms with Gasteiger partial charge in [0.05, 0.1) is 17.0 Å². The van der Waals surface area contributed by atoms with E-state index < -0.39 is 17.7 Å². The molecular formula is C20H20ClF3N4O3. The van der Waals surface area contributed by atoms with Crippen LogP contribution in [-0.4, -0.2) is 59.5 Å². The Balaban J connectivity index is 1.47. The molecule has 1 aliphatic heterocycles. The van der Waals surface area contributed by atoms with Crippen molar-refractivity contribution in [2.45, 2.75) is 19.5 Å². The first-order chi connectivity index (χ1) is 14.6. The molecule has 7 nitrogen and oxygen atoms in total. The van der Waals surface area contributed by atoms with Crippen LogP contribution < -0.4 is 4.90 Å². The standard InChI is InChI=1S/C20H20ClF3N4O3/c1-13-2-3-14(10-25-13)8-18(30)31-12-17(29)27-4-6-28(7-5-27)19-16(21)9-15(11-26-19)20(22,23)24/h2-3,9-11H,4-8,12H2,1H3. The van der Waals surface area contributed by atoms with Crippen molar-refractivity contribution in [1.82, 2.24) is 14.9 Å². The number of aromatic nitrogens is 2. The van der Waals surface area contributed by atoms with Crippen molar-refractivity contribution in [3.63, 3.8) is 0 Å². The minimum Gasteiger partial charge on any atom is -0.455 e. The van der Waals surface area contributed by atoms with Gasteiger partial charge in [-0.15, -0.1) is 0 Å². The number of ether oxygens (including phenoxy) is 1. The second-order valence-corrected chi connectivity index (χ2v) is 7.45. The van der Waals surface area contributed by atoms with E-state index >= 15 is 0 Å². The molecule has 2 aromatic heterocycles. The van der Waals surface area contributed by atoms with Crippen molar-refractivity contribution >= 4 is 29.3 Å². The van der Waals surface area contributed by atoms with E-state index in [4.69, 9.17) is 16.3 Å². The highest BCUT2D eigenvalue weighted by Gasteiger charge is 2.32. The zero-order valence-electron chi connectivity index (χ0n) is 16.7. The van der Waals surface area contributed by atoms with Crippen molar-refractivity contribution in [2.75, 3.05) is 37.7 Å². The molecule has 166 valence electrons. The molecule has 1 saturated heterocycles. The number of pyridine rings is 2. The van der Waals surface area contributed by atoms with Crippen LogP contribution in [0.25, 0.3) is 0 Å². The van der Waals surface area contributed by atoms with Gasteiger partial charge in [0.1, 0.15) is 5.82 Å². The molecule has 0 bridgehead atoms. The van der Waals surface area contributed by atoms with Crippen LogP contribution in [0, 0.1) is 6.92 Å². The maximum absolute atomic E-state index is 12.8. The second-order valence-electron chi connectivity index (χ2n) is 7.04. The number of nitrogens with zero attached hydrogens (tertiary/aromatic N) is 4. The zero-order valence-corrected chi connectivity index (χ0v) is 17.4. The minimum absolute atomic E-state index is 0.0203. The monoisotopic (exact) mass is 456 g/mol. The summed E-state index contributed by atoms with van der Waals surface area (Å²) in [5.74, 6) is -0.639. The molecule has 0 saturated carbocycles. The Morgan fingerprint density at radius 1 is 1.13 bits per heavy atom. The number of piperazine rings is 1. The van der Waals surface area contributed by atoms with E-state index in [0.29, 0.717) is 31.7 Å². The lowest BCUT2D eigenvalue weighted by Gasteiger charge is -2.35. The van der Waals surface area contributed by atoms with Crippen LogP contribution in [0.3, 0.4) is 0 Å². The molecule has 1 aliphatic rings. The lowest BCUT2D eigenvalue weighted by molar-refractivity contribution is -0.151. The number of carbonyl (C=O) groups is 2. The van der Waals surface area contributed by atoms with Crippen molar-refractivity contribution in [2.24, 2.45) is 0 Å². The van der Waals surface area contributed by atoms with E-state index in [-0.39, 0.29) is 29.8 Å². The number of anilines is 1. The van der Waals surface area contributed by atoms with Gasteiger partial charge in [-0.3, -0.25) is 14.6 Å². The van der Waals surface area contributed by atoms with Crippen LogP contribution in [0.4, 0.5) is 19.0 Å². The van der Waals surface area contributed by atoms with Crippen molar-refractivity contribution < 1.29 is 27.5 Å². The van der Waals surface area contributed by atoms with E-state index in [0.717, 1.165) is 18.0 Å². The molecule has 0 unspecified atom stereocenters. The van der Waals surface area contributed by atoms with Crippen LogP contribution in [-0.2, 0) is 26.9 Å². The van der Waals surface area contributed by atoms with Crippen LogP contribution in [0.15, 0.2) is 30.6 Å². The molecule has 2 aromatic rings. The summed E-state index contributed by atoms with van der Waals surface area (Å²) < 4.78 is 43.3. The predicted molar refractivity (Wildman–Crippen MR) is 107 cm³/mol. The van der Waals surface area contributed by atoms with Crippen LogP contribution >= 0.6 is 11.6 Å². The minimum atomic E-state index is -4.52. The number of amides is 1. The SMILES string of the molecule is Cc1ccc(CC(=O)OCC(=O)N2CCN(c3ncc(C(F)(F)F)cc3Cl)CC2)cn1. The Hall–Kier alpha value is -2.88. The maximum Gasteiger partial charge on any atom is 0.417 e. The number of halogens is 4. The van der Waals surface area contributed by atoms with Gasteiger partial charge in [0.15, 0.2) is 6.61 Å². The molecule has 1 amide bonds. The van der Waals surface area contributed by atoms with Crippen LogP contribution in [0.2, 0.25) is 5.02 Å². The molecular weight excluding hydrogens is 437 g/mol. The first-order valence-corrected chi connectivity index (χ1v) is 9.84. The molecule has 11 heteroatoms. The maximum atomic E-state index is 12.8. The van der Waals surface area contributed by atoms with Gasteiger partial charge in [0.25, 0.3) is 5.91 Å². The van der Waals surface area contributed by atoms with E-state index in [9.17, 15) is 22.8 Å². The molecule has 0 aromatic carbocycles. The summed E-state index contributed by atoms with van der Waals surface area (Å²) >= 11 is 5.98. The third-order valence-corrected chi connectivity index (χ3v) is 5.04. The smallest absolute Gasteiger partial charge is 0.417 e. The van der Waals surface area contributed by atoms with Gasteiger partial charge in [0.2, 0.25) is 0 Å². The Morgan fingerprint density at radius 3 is 2.42 bits per heavy atom. The van der Waals surface area contributed by atoms with Crippen molar-refractivity contribution in [3.8, 4) is 0 Å². The quantitative estimate of drug-likeness (QED) is 0.644. The van der Waals surface area contributed by atoms with Gasteiger partial charge in [-0.05, 0) is 24.6 Å². The third kappa shape index (κ3) is 6.06. The predicted octanol–water partition coefficient (Wildman–Crippen LogP) is 2.89. The van der Waals surface area contributed by atoms with Crippen molar-refractivity contribution in [1.29, 1.82) is 0 Å². The zero-order chi connectivity index (χ0) is 22.6. The molecule has 0 radical (unpaired) electrons. The van der Waals surface area contributed by atoms with Gasteiger partial charge >= 0.3 is 12.1 Å². The molecule has 1 fully saturated rings. The van der Waals surface area contributed by atoms with E-state index in [1.54, 1.807) is 23.2 Å². The Kier molecular flexibility index (Phi) is 6.99. The van der Waals surface area contributed by atoms with Crippen molar-refractivity contribution in [3.05, 3.63) is 52.4 Å². The van der Waals surface area contributed by atoms with Gasteiger partial charge < -0.3 is 14.5 Å². The summed E-state index contributed by atoms with van der Waals surface area (Å²) in [6.07, 6.45) is -2.18. The van der Waals surface area contributed by atoms with E-state index in [1.807, 2.05) is 6.92 Å². The number of carbonyl (C=O) groups excluding carboxylic acids is 2. The highest BCUT2D eigenvalue weighted by atomic mass is 35.5. The normalized spacial score (nSPS) is 14.5. The Labute approximate surface area is 181 Å². The number of aryl methyl sites for hydroxylation is 1. The summed E-state index contributed by atoms with van der Waals surface area (Å²) in [6, 6.07) is 4.39. The Bertz CT molecular complexity index is 946. The molecule has 0 aliphatic carbocycles. The fourth-order valence-electron chi connectivity index (χ4n) is 3.04.